The minimum absolute atomic E-state index is 0. The van der Waals surface area contributed by atoms with Crippen LogP contribution in [0.1, 0.15) is 19.3 Å². The zero-order valence-corrected chi connectivity index (χ0v) is 7.49. The second kappa shape index (κ2) is 3.55. The summed E-state index contributed by atoms with van der Waals surface area (Å²) in [5.74, 6) is 0. The highest BCUT2D eigenvalue weighted by atomic mass is 35.5. The lowest BCUT2D eigenvalue weighted by molar-refractivity contribution is 0.236. The van der Waals surface area contributed by atoms with Crippen LogP contribution in [0.5, 0.6) is 0 Å². The Balaban J connectivity index is 0.000000605. The standard InChI is InChI=1S/C8H14N2.ClH/c1-4-9-5-2-8(1)3-6-10-7-8;/h6,9H,1-5,7H2;1H. The van der Waals surface area contributed by atoms with Gasteiger partial charge in [0.05, 0.1) is 0 Å². The van der Waals surface area contributed by atoms with Crippen molar-refractivity contribution in [3.63, 3.8) is 0 Å². The number of hydrogen-bond donors (Lipinski definition) is 1. The van der Waals surface area contributed by atoms with E-state index >= 15 is 0 Å². The second-order valence-electron chi connectivity index (χ2n) is 3.48. The number of rotatable bonds is 0. The van der Waals surface area contributed by atoms with Gasteiger partial charge in [-0.1, -0.05) is 0 Å². The van der Waals surface area contributed by atoms with Gasteiger partial charge in [-0.25, -0.2) is 0 Å². The smallest absolute Gasteiger partial charge is 0.0446 e. The van der Waals surface area contributed by atoms with E-state index in [1.807, 2.05) is 0 Å². The lowest BCUT2D eigenvalue weighted by Gasteiger charge is -2.32. The number of hydrogen-bond acceptors (Lipinski definition) is 2. The minimum atomic E-state index is 0. The summed E-state index contributed by atoms with van der Waals surface area (Å²) in [4.78, 5) is 4.31. The molecule has 2 aliphatic rings. The number of nitrogens with zero attached hydrogens (tertiary/aromatic N) is 1. The predicted octanol–water partition coefficient (Wildman–Crippen LogP) is 1.25. The van der Waals surface area contributed by atoms with Crippen molar-refractivity contribution >= 4 is 18.6 Å². The van der Waals surface area contributed by atoms with Crippen LogP contribution in [0.4, 0.5) is 0 Å². The van der Waals surface area contributed by atoms with Crippen LogP contribution in [0.3, 0.4) is 0 Å². The Hall–Kier alpha value is -0.0800. The average molecular weight is 175 g/mol. The minimum Gasteiger partial charge on any atom is -0.317 e. The summed E-state index contributed by atoms with van der Waals surface area (Å²) in [6.45, 7) is 3.49. The SMILES string of the molecule is C1=NCC2(C1)CCNCC2.Cl. The molecule has 1 N–H and O–H groups in total. The van der Waals surface area contributed by atoms with Crippen molar-refractivity contribution in [3.8, 4) is 0 Å². The van der Waals surface area contributed by atoms with Crippen LogP contribution in [0, 0.1) is 5.41 Å². The molecule has 0 aromatic rings. The van der Waals surface area contributed by atoms with Crippen molar-refractivity contribution in [1.29, 1.82) is 0 Å². The summed E-state index contributed by atoms with van der Waals surface area (Å²) >= 11 is 0. The predicted molar refractivity (Wildman–Crippen MR) is 49.8 cm³/mol. The first-order valence-corrected chi connectivity index (χ1v) is 4.10. The van der Waals surface area contributed by atoms with Crippen molar-refractivity contribution in [1.82, 2.24) is 5.32 Å². The number of piperidine rings is 1. The van der Waals surface area contributed by atoms with Gasteiger partial charge in [-0.3, -0.25) is 4.99 Å². The zero-order valence-electron chi connectivity index (χ0n) is 6.68. The van der Waals surface area contributed by atoms with E-state index < -0.39 is 0 Å². The van der Waals surface area contributed by atoms with Crippen LogP contribution in [0.2, 0.25) is 0 Å². The van der Waals surface area contributed by atoms with E-state index in [4.69, 9.17) is 0 Å². The fourth-order valence-corrected chi connectivity index (χ4v) is 1.90. The van der Waals surface area contributed by atoms with Gasteiger partial charge in [0.2, 0.25) is 0 Å². The summed E-state index contributed by atoms with van der Waals surface area (Å²) < 4.78 is 0. The molecule has 0 unspecified atom stereocenters. The van der Waals surface area contributed by atoms with Crippen LogP contribution in [-0.2, 0) is 0 Å². The third-order valence-electron chi connectivity index (χ3n) is 2.74. The molecule has 0 aromatic heterocycles. The molecule has 2 rings (SSSR count). The Kier molecular flexibility index (Phi) is 2.90. The van der Waals surface area contributed by atoms with Gasteiger partial charge in [0.15, 0.2) is 0 Å². The molecule has 0 amide bonds. The first-order valence-electron chi connectivity index (χ1n) is 4.10. The lowest BCUT2D eigenvalue weighted by atomic mass is 9.78. The normalized spacial score (nSPS) is 26.9. The molecular formula is C8H15ClN2. The van der Waals surface area contributed by atoms with Crippen LogP contribution < -0.4 is 5.32 Å². The molecule has 0 atom stereocenters. The summed E-state index contributed by atoms with van der Waals surface area (Å²) in [6, 6.07) is 0. The maximum atomic E-state index is 4.31. The Labute approximate surface area is 73.9 Å². The van der Waals surface area contributed by atoms with Crippen molar-refractivity contribution in [2.24, 2.45) is 10.4 Å². The fraction of sp³-hybridized carbons (Fsp3) is 0.875. The van der Waals surface area contributed by atoms with Gasteiger partial charge in [0.25, 0.3) is 0 Å². The molecule has 0 bridgehead atoms. The molecule has 1 saturated heterocycles. The Morgan fingerprint density at radius 2 is 2.00 bits per heavy atom. The van der Waals surface area contributed by atoms with Crippen LogP contribution >= 0.6 is 12.4 Å². The lowest BCUT2D eigenvalue weighted by Crippen LogP contribution is -2.37. The number of nitrogens with one attached hydrogen (secondary N) is 1. The molecule has 0 aromatic carbocycles. The molecule has 11 heavy (non-hydrogen) atoms. The van der Waals surface area contributed by atoms with Crippen LogP contribution in [0.15, 0.2) is 4.99 Å². The third kappa shape index (κ3) is 1.74. The quantitative estimate of drug-likeness (QED) is 0.588. The molecule has 2 heterocycles. The fourth-order valence-electron chi connectivity index (χ4n) is 1.90. The molecule has 2 aliphatic heterocycles. The van der Waals surface area contributed by atoms with E-state index in [0.29, 0.717) is 5.41 Å². The highest BCUT2D eigenvalue weighted by Crippen LogP contribution is 2.34. The van der Waals surface area contributed by atoms with E-state index in [0.717, 1.165) is 6.54 Å². The van der Waals surface area contributed by atoms with E-state index in [2.05, 4.69) is 16.5 Å². The van der Waals surface area contributed by atoms with Gasteiger partial charge in [0.1, 0.15) is 0 Å². The summed E-state index contributed by atoms with van der Waals surface area (Å²) in [5.41, 5.74) is 0.589. The Bertz CT molecular complexity index is 140. The van der Waals surface area contributed by atoms with Gasteiger partial charge in [0, 0.05) is 6.54 Å². The molecule has 0 saturated carbocycles. The topological polar surface area (TPSA) is 24.4 Å². The van der Waals surface area contributed by atoms with Crippen LogP contribution in [0.25, 0.3) is 0 Å². The molecule has 64 valence electrons. The maximum absolute atomic E-state index is 4.31. The third-order valence-corrected chi connectivity index (χ3v) is 2.74. The van der Waals surface area contributed by atoms with Crippen molar-refractivity contribution in [2.45, 2.75) is 19.3 Å². The Morgan fingerprint density at radius 3 is 2.55 bits per heavy atom. The van der Waals surface area contributed by atoms with E-state index in [-0.39, 0.29) is 12.4 Å². The molecule has 3 heteroatoms. The van der Waals surface area contributed by atoms with Gasteiger partial charge < -0.3 is 5.32 Å². The Morgan fingerprint density at radius 1 is 1.27 bits per heavy atom. The van der Waals surface area contributed by atoms with E-state index in [1.54, 1.807) is 0 Å². The molecule has 0 aliphatic carbocycles. The van der Waals surface area contributed by atoms with Crippen molar-refractivity contribution < 1.29 is 0 Å². The van der Waals surface area contributed by atoms with Gasteiger partial charge in [-0.2, -0.15) is 0 Å². The highest BCUT2D eigenvalue weighted by Gasteiger charge is 2.32. The summed E-state index contributed by atoms with van der Waals surface area (Å²) in [5, 5.41) is 3.38. The molecule has 1 spiro atoms. The molecule has 2 nitrogen and oxygen atoms in total. The molecule has 1 fully saturated rings. The first kappa shape index (κ1) is 9.01. The van der Waals surface area contributed by atoms with E-state index in [1.165, 1.54) is 32.4 Å². The average Bonchev–Trinajstić information content (AvgIpc) is 2.39. The molecular weight excluding hydrogens is 160 g/mol. The monoisotopic (exact) mass is 174 g/mol. The van der Waals surface area contributed by atoms with Crippen molar-refractivity contribution in [2.75, 3.05) is 19.6 Å². The van der Waals surface area contributed by atoms with E-state index in [9.17, 15) is 0 Å². The van der Waals surface area contributed by atoms with Gasteiger partial charge in [-0.05, 0) is 44.0 Å². The zero-order chi connectivity index (χ0) is 6.86. The van der Waals surface area contributed by atoms with Gasteiger partial charge >= 0.3 is 0 Å². The summed E-state index contributed by atoms with van der Waals surface area (Å²) in [6.07, 6.45) is 5.99. The van der Waals surface area contributed by atoms with Crippen molar-refractivity contribution in [3.05, 3.63) is 0 Å². The largest absolute Gasteiger partial charge is 0.317 e. The molecule has 0 radical (unpaired) electrons. The van der Waals surface area contributed by atoms with Crippen LogP contribution in [-0.4, -0.2) is 25.8 Å². The highest BCUT2D eigenvalue weighted by molar-refractivity contribution is 5.85. The summed E-state index contributed by atoms with van der Waals surface area (Å²) in [7, 11) is 0. The first-order chi connectivity index (χ1) is 4.91. The number of halogens is 1. The number of aliphatic imine (C=N–C) groups is 1. The maximum Gasteiger partial charge on any atom is 0.0446 e. The second-order valence-corrected chi connectivity index (χ2v) is 3.48. The van der Waals surface area contributed by atoms with Gasteiger partial charge in [-0.15, -0.1) is 12.4 Å².